The Hall–Kier alpha value is -3.36. The van der Waals surface area contributed by atoms with Gasteiger partial charge in [-0.2, -0.15) is 52.7 Å². The van der Waals surface area contributed by atoms with E-state index in [1.807, 2.05) is 6.92 Å². The highest BCUT2D eigenvalue weighted by atomic mass is 19.4. The van der Waals surface area contributed by atoms with Crippen molar-refractivity contribution in [2.45, 2.75) is 187 Å². The third-order valence-electron chi connectivity index (χ3n) is 12.3. The molecule has 0 radical (unpaired) electrons. The van der Waals surface area contributed by atoms with Gasteiger partial charge in [-0.1, -0.05) is 13.8 Å². The van der Waals surface area contributed by atoms with Crippen LogP contribution in [0.2, 0.25) is 0 Å². The lowest BCUT2D eigenvalue weighted by Crippen LogP contribution is -2.69. The average molecular weight is 939 g/mol. The zero-order valence-corrected chi connectivity index (χ0v) is 37.2. The molecule has 3 rings (SSSR count). The minimum Gasteiger partial charge on any atom is -0.462 e. The summed E-state index contributed by atoms with van der Waals surface area (Å²) in [6.45, 7) is 15.8. The third kappa shape index (κ3) is 11.5. The molecule has 0 aromatic carbocycles. The van der Waals surface area contributed by atoms with Crippen molar-refractivity contribution in [2.75, 3.05) is 0 Å². The lowest BCUT2D eigenvalue weighted by atomic mass is 9.65. The van der Waals surface area contributed by atoms with Gasteiger partial charge in [0.05, 0.1) is 11.3 Å². The van der Waals surface area contributed by atoms with Gasteiger partial charge in [0.1, 0.15) is 22.9 Å². The van der Waals surface area contributed by atoms with Gasteiger partial charge in [-0.25, -0.2) is 9.59 Å². The van der Waals surface area contributed by atoms with Crippen LogP contribution in [-0.2, 0) is 38.0 Å². The molecule has 0 heterocycles. The van der Waals surface area contributed by atoms with E-state index in [0.717, 1.165) is 41.5 Å². The molecule has 0 aliphatic heterocycles. The van der Waals surface area contributed by atoms with Crippen molar-refractivity contribution >= 4 is 24.2 Å². The number of halogens is 12. The summed E-state index contributed by atoms with van der Waals surface area (Å²) < 4.78 is 210. The predicted octanol–water partition coefficient (Wildman–Crippen LogP) is 12.0. The normalized spacial score (nSPS) is 27.6. The summed E-state index contributed by atoms with van der Waals surface area (Å²) in [7, 11) is 0. The van der Waals surface area contributed by atoms with Gasteiger partial charge in [-0.15, -0.1) is 0 Å². The van der Waals surface area contributed by atoms with E-state index < -0.39 is 125 Å². The van der Waals surface area contributed by atoms with Gasteiger partial charge in [-0.05, 0) is 138 Å². The number of hydrogen-bond acceptors (Lipinski definition) is 10. The fraction of sp³-hybridized carbons (Fsp3) is 0.902. The molecule has 22 heteroatoms. The van der Waals surface area contributed by atoms with Crippen LogP contribution >= 0.6 is 0 Å². The summed E-state index contributed by atoms with van der Waals surface area (Å²) in [6.07, 6.45) is -40.3. The first-order chi connectivity index (χ1) is 27.9. The topological polar surface area (TPSA) is 124 Å². The molecular formula is C41H58F12O10. The van der Waals surface area contributed by atoms with Crippen LogP contribution in [0.1, 0.15) is 128 Å². The molecular weight excluding hydrogens is 880 g/mol. The van der Waals surface area contributed by atoms with Crippen LogP contribution in [0.3, 0.4) is 0 Å². The highest BCUT2D eigenvalue weighted by Crippen LogP contribution is 2.62. The van der Waals surface area contributed by atoms with Crippen LogP contribution in [0, 0.1) is 46.8 Å². The molecule has 2 bridgehead atoms. The summed E-state index contributed by atoms with van der Waals surface area (Å²) in [5.74, 6) is -10.4. The van der Waals surface area contributed by atoms with Crippen LogP contribution in [0.15, 0.2) is 0 Å². The number of alkyl halides is 12. The van der Waals surface area contributed by atoms with Gasteiger partial charge in [0.25, 0.3) is 0 Å². The minimum absolute atomic E-state index is 0.0567. The van der Waals surface area contributed by atoms with E-state index in [1.54, 1.807) is 20.8 Å². The van der Waals surface area contributed by atoms with Crippen molar-refractivity contribution in [3.05, 3.63) is 0 Å². The van der Waals surface area contributed by atoms with Crippen molar-refractivity contribution in [2.24, 2.45) is 46.8 Å². The first kappa shape index (κ1) is 54.0. The number of rotatable bonds is 10. The number of ether oxygens (including phenoxy) is 6. The average Bonchev–Trinajstić information content (AvgIpc) is 3.60. The Morgan fingerprint density at radius 1 is 0.524 bits per heavy atom. The fourth-order valence-corrected chi connectivity index (χ4v) is 9.45. The summed E-state index contributed by atoms with van der Waals surface area (Å²) in [5.41, 5.74) is -17.9. The molecule has 0 saturated heterocycles. The zero-order chi connectivity index (χ0) is 49.1. The number of fused-ring (bicyclic) bond motifs is 2. The van der Waals surface area contributed by atoms with E-state index in [9.17, 15) is 19.2 Å². The van der Waals surface area contributed by atoms with E-state index in [1.165, 1.54) is 13.8 Å². The van der Waals surface area contributed by atoms with Crippen LogP contribution in [-0.4, -0.2) is 83.1 Å². The molecule has 3 aliphatic rings. The summed E-state index contributed by atoms with van der Waals surface area (Å²) in [5, 5.41) is 0. The van der Waals surface area contributed by atoms with Crippen molar-refractivity contribution < 1.29 is 100 Å². The van der Waals surface area contributed by atoms with Gasteiger partial charge in [0.2, 0.25) is 0 Å². The van der Waals surface area contributed by atoms with Crippen molar-refractivity contribution in [3.63, 3.8) is 0 Å². The van der Waals surface area contributed by atoms with Crippen LogP contribution in [0.4, 0.5) is 62.3 Å². The monoisotopic (exact) mass is 938 g/mol. The fourth-order valence-electron chi connectivity index (χ4n) is 9.45. The van der Waals surface area contributed by atoms with Crippen LogP contribution < -0.4 is 0 Å². The Labute approximate surface area is 358 Å². The minimum atomic E-state index is -6.82. The predicted molar refractivity (Wildman–Crippen MR) is 196 cm³/mol. The van der Waals surface area contributed by atoms with Crippen molar-refractivity contribution in [3.8, 4) is 0 Å². The lowest BCUT2D eigenvalue weighted by molar-refractivity contribution is -0.405. The lowest BCUT2D eigenvalue weighted by Gasteiger charge is -2.50. The first-order valence-corrected chi connectivity index (χ1v) is 20.5. The highest BCUT2D eigenvalue weighted by Gasteiger charge is 2.82. The highest BCUT2D eigenvalue weighted by molar-refractivity contribution is 5.77. The Balaban J connectivity index is 2.20. The molecule has 0 amide bonds. The van der Waals surface area contributed by atoms with E-state index in [0.29, 0.717) is 12.8 Å². The Kier molecular flexibility index (Phi) is 15.0. The second-order valence-electron chi connectivity index (χ2n) is 20.4. The van der Waals surface area contributed by atoms with Gasteiger partial charge in [0, 0.05) is 11.8 Å². The maximum atomic E-state index is 15.1. The largest absolute Gasteiger partial charge is 0.510 e. The summed E-state index contributed by atoms with van der Waals surface area (Å²) in [6, 6.07) is 0. The molecule has 8 atom stereocenters. The molecule has 3 fully saturated rings. The molecule has 366 valence electrons. The second kappa shape index (κ2) is 17.5. The molecule has 0 spiro atoms. The van der Waals surface area contributed by atoms with Gasteiger partial charge in [0.15, 0.2) is 0 Å². The Morgan fingerprint density at radius 3 is 1.22 bits per heavy atom. The molecule has 0 aromatic rings. The van der Waals surface area contributed by atoms with Gasteiger partial charge >= 0.3 is 60.2 Å². The Bertz CT molecular complexity index is 1560. The maximum Gasteiger partial charge on any atom is 0.510 e. The third-order valence-corrected chi connectivity index (χ3v) is 12.3. The van der Waals surface area contributed by atoms with Crippen molar-refractivity contribution in [1.29, 1.82) is 0 Å². The number of esters is 2. The smallest absolute Gasteiger partial charge is 0.462 e. The quantitative estimate of drug-likeness (QED) is 0.119. The van der Waals surface area contributed by atoms with E-state index in [2.05, 4.69) is 18.9 Å². The molecule has 63 heavy (non-hydrogen) atoms. The van der Waals surface area contributed by atoms with Crippen LogP contribution in [0.25, 0.3) is 0 Å². The first-order valence-electron chi connectivity index (χ1n) is 20.5. The number of carbonyl (C=O) groups excluding carboxylic acids is 4. The molecule has 8 unspecified atom stereocenters. The van der Waals surface area contributed by atoms with Crippen LogP contribution in [0.5, 0.6) is 0 Å². The summed E-state index contributed by atoms with van der Waals surface area (Å²) >= 11 is 0. The Morgan fingerprint density at radius 2 is 0.905 bits per heavy atom. The molecule has 10 nitrogen and oxygen atoms in total. The van der Waals surface area contributed by atoms with E-state index in [-0.39, 0.29) is 36.5 Å². The number of carbonyl (C=O) groups is 4. The second-order valence-corrected chi connectivity index (χ2v) is 20.4. The molecule has 0 N–H and O–H groups in total. The standard InChI is InChI=1S/C41H58F12O10/c1-13-35(12,19-27-20(2)25-14-21(27)15-26(25)28(54)59-32(3,4)5)29(55)58-24-17-22(36(38(42,43)44,39(45,46)47)62-30(56)60-33(6,7)8)16-23(18-24)37(40(48,49)50,41(51,52)53)63-31(57)61-34(9,10)11/h20-27H,13-19H2,1-12H3. The summed E-state index contributed by atoms with van der Waals surface area (Å²) in [4.78, 5) is 52.5. The van der Waals surface area contributed by atoms with Gasteiger partial charge < -0.3 is 28.4 Å². The molecule has 0 aromatic heterocycles. The van der Waals surface area contributed by atoms with E-state index >= 15 is 52.7 Å². The van der Waals surface area contributed by atoms with Gasteiger partial charge in [-0.3, -0.25) is 9.59 Å². The SMILES string of the molecule is CCC(C)(CC1C2CC(C(=O)OC(C)(C)C)C(C2)C1C)C(=O)OC1CC(C(OC(=O)OC(C)(C)C)(C(F)(F)F)C(F)(F)F)CC(C(OC(=O)OC(C)(C)C)(C(F)(F)F)C(F)(F)F)C1. The molecule has 3 aliphatic carbocycles. The number of hydrogen-bond donors (Lipinski definition) is 0. The zero-order valence-electron chi connectivity index (χ0n) is 37.2. The van der Waals surface area contributed by atoms with Crippen molar-refractivity contribution in [1.82, 2.24) is 0 Å². The maximum absolute atomic E-state index is 15.1. The molecule has 3 saturated carbocycles. The van der Waals surface area contributed by atoms with E-state index in [4.69, 9.17) is 9.47 Å².